The van der Waals surface area contributed by atoms with Crippen LogP contribution in [0, 0.1) is 0 Å². The van der Waals surface area contributed by atoms with E-state index in [0.717, 1.165) is 22.5 Å². The predicted octanol–water partition coefficient (Wildman–Crippen LogP) is 4.94. The first-order valence-corrected chi connectivity index (χ1v) is 10.4. The molecule has 6 nitrogen and oxygen atoms in total. The third-order valence-corrected chi connectivity index (χ3v) is 4.95. The second kappa shape index (κ2) is 10.3. The van der Waals surface area contributed by atoms with E-state index < -0.39 is 12.8 Å². The fraction of sp³-hybridized carbons (Fsp3) is 0.160. The Hall–Kier alpha value is -3.98. The number of pyridine rings is 1. The van der Waals surface area contributed by atoms with Gasteiger partial charge in [-0.3, -0.25) is 9.78 Å². The van der Waals surface area contributed by atoms with Crippen molar-refractivity contribution in [2.45, 2.75) is 19.3 Å². The number of carbonyl (C=O) groups is 1. The summed E-state index contributed by atoms with van der Waals surface area (Å²) in [4.78, 5) is 16.7. The number of nitrogens with one attached hydrogen (secondary N) is 1. The van der Waals surface area contributed by atoms with Gasteiger partial charge in [-0.1, -0.05) is 30.3 Å². The van der Waals surface area contributed by atoms with Gasteiger partial charge in [0, 0.05) is 41.8 Å². The van der Waals surface area contributed by atoms with Crippen molar-refractivity contribution >= 4 is 5.91 Å². The molecule has 0 spiro atoms. The zero-order chi connectivity index (χ0) is 24.0. The van der Waals surface area contributed by atoms with E-state index in [1.54, 1.807) is 41.3 Å². The third kappa shape index (κ3) is 6.08. The number of hydrogen-bond acceptors (Lipinski definition) is 4. The predicted molar refractivity (Wildman–Crippen MR) is 120 cm³/mol. The maximum Gasteiger partial charge on any atom is 0.411 e. The molecule has 0 saturated heterocycles. The molecule has 9 heteroatoms. The standard InChI is InChI=1S/C25H21F3N4O2/c26-25(27,28)17-34-16-18-6-8-20(9-7-18)24(33)30-14-21-15-32(22-4-2-1-3-5-22)31-23(21)19-10-12-29-13-11-19/h1-13,15H,14,16-17H2,(H,30,33). The van der Waals surface area contributed by atoms with Crippen molar-refractivity contribution < 1.29 is 22.7 Å². The zero-order valence-electron chi connectivity index (χ0n) is 18.0. The highest BCUT2D eigenvalue weighted by molar-refractivity contribution is 5.94. The summed E-state index contributed by atoms with van der Waals surface area (Å²) in [5.74, 6) is -0.309. The summed E-state index contributed by atoms with van der Waals surface area (Å²) in [7, 11) is 0. The molecule has 4 rings (SSSR count). The number of hydrogen-bond donors (Lipinski definition) is 1. The quantitative estimate of drug-likeness (QED) is 0.399. The first kappa shape index (κ1) is 23.2. The van der Waals surface area contributed by atoms with Crippen molar-refractivity contribution in [2.24, 2.45) is 0 Å². The molecule has 0 unspecified atom stereocenters. The summed E-state index contributed by atoms with van der Waals surface area (Å²) < 4.78 is 43.0. The van der Waals surface area contributed by atoms with Crippen LogP contribution >= 0.6 is 0 Å². The lowest BCUT2D eigenvalue weighted by Crippen LogP contribution is -2.23. The SMILES string of the molecule is O=C(NCc1cn(-c2ccccc2)nc1-c1ccncc1)c1ccc(COCC(F)(F)F)cc1. The maximum atomic E-state index is 12.7. The van der Waals surface area contributed by atoms with Crippen molar-refractivity contribution in [1.82, 2.24) is 20.1 Å². The molecule has 0 aliphatic rings. The number of alkyl halides is 3. The lowest BCUT2D eigenvalue weighted by molar-refractivity contribution is -0.176. The van der Waals surface area contributed by atoms with Crippen molar-refractivity contribution in [3.05, 3.63) is 102 Å². The summed E-state index contributed by atoms with van der Waals surface area (Å²) in [6.45, 7) is -1.26. The molecule has 2 aromatic heterocycles. The Kier molecular flexibility index (Phi) is 7.03. The molecular formula is C25H21F3N4O2. The summed E-state index contributed by atoms with van der Waals surface area (Å²) in [6, 6.07) is 19.6. The number of halogens is 3. The number of carbonyl (C=O) groups excluding carboxylic acids is 1. The first-order chi connectivity index (χ1) is 16.4. The van der Waals surface area contributed by atoms with Crippen molar-refractivity contribution in [3.63, 3.8) is 0 Å². The Morgan fingerprint density at radius 2 is 1.68 bits per heavy atom. The summed E-state index contributed by atoms with van der Waals surface area (Å²) in [5, 5.41) is 7.59. The van der Waals surface area contributed by atoms with E-state index in [1.165, 1.54) is 0 Å². The number of aromatic nitrogens is 3. The highest BCUT2D eigenvalue weighted by Gasteiger charge is 2.27. The molecule has 4 aromatic rings. The zero-order valence-corrected chi connectivity index (χ0v) is 18.0. The van der Waals surface area contributed by atoms with Crippen molar-refractivity contribution in [2.75, 3.05) is 6.61 Å². The fourth-order valence-electron chi connectivity index (χ4n) is 3.32. The highest BCUT2D eigenvalue weighted by Crippen LogP contribution is 2.23. The number of amides is 1. The Balaban J connectivity index is 1.45. The molecule has 0 aliphatic heterocycles. The van der Waals surface area contributed by atoms with Crippen LogP contribution in [0.4, 0.5) is 13.2 Å². The number of nitrogens with zero attached hydrogens (tertiary/aromatic N) is 3. The minimum atomic E-state index is -4.37. The van der Waals surface area contributed by atoms with Gasteiger partial charge in [-0.2, -0.15) is 18.3 Å². The molecule has 0 atom stereocenters. The highest BCUT2D eigenvalue weighted by atomic mass is 19.4. The second-order valence-corrected chi connectivity index (χ2v) is 7.51. The Labute approximate surface area is 194 Å². The average Bonchev–Trinajstić information content (AvgIpc) is 3.28. The van der Waals surface area contributed by atoms with Gasteiger partial charge in [-0.25, -0.2) is 4.68 Å². The van der Waals surface area contributed by atoms with Crippen LogP contribution in [0.2, 0.25) is 0 Å². The lowest BCUT2D eigenvalue weighted by Gasteiger charge is -2.09. The molecule has 0 aliphatic carbocycles. The normalized spacial score (nSPS) is 11.4. The van der Waals surface area contributed by atoms with Gasteiger partial charge in [-0.15, -0.1) is 0 Å². The third-order valence-electron chi connectivity index (χ3n) is 4.95. The topological polar surface area (TPSA) is 69.0 Å². The number of rotatable bonds is 8. The van der Waals surface area contributed by atoms with Crippen LogP contribution in [-0.2, 0) is 17.9 Å². The van der Waals surface area contributed by atoms with Crippen LogP contribution in [0.25, 0.3) is 16.9 Å². The van der Waals surface area contributed by atoms with E-state index in [2.05, 4.69) is 15.0 Å². The second-order valence-electron chi connectivity index (χ2n) is 7.51. The van der Waals surface area contributed by atoms with Gasteiger partial charge in [0.15, 0.2) is 0 Å². The van der Waals surface area contributed by atoms with Gasteiger partial charge in [0.2, 0.25) is 0 Å². The van der Waals surface area contributed by atoms with E-state index in [-0.39, 0.29) is 19.1 Å². The molecule has 0 bridgehead atoms. The number of ether oxygens (including phenoxy) is 1. The van der Waals surface area contributed by atoms with E-state index in [1.807, 2.05) is 48.7 Å². The molecule has 1 amide bonds. The van der Waals surface area contributed by atoms with Crippen LogP contribution in [0.15, 0.2) is 85.3 Å². The Morgan fingerprint density at radius 3 is 2.35 bits per heavy atom. The average molecular weight is 466 g/mol. The van der Waals surface area contributed by atoms with E-state index in [0.29, 0.717) is 11.1 Å². The van der Waals surface area contributed by atoms with Crippen LogP contribution in [0.5, 0.6) is 0 Å². The maximum absolute atomic E-state index is 12.7. The van der Waals surface area contributed by atoms with E-state index >= 15 is 0 Å². The minimum absolute atomic E-state index is 0.185. The summed E-state index contributed by atoms with van der Waals surface area (Å²) in [5.41, 5.74) is 4.24. The van der Waals surface area contributed by atoms with Gasteiger partial charge in [-0.05, 0) is 42.0 Å². The van der Waals surface area contributed by atoms with Gasteiger partial charge in [0.05, 0.1) is 18.0 Å². The molecule has 2 heterocycles. The smallest absolute Gasteiger partial charge is 0.367 e. The number of benzene rings is 2. The van der Waals surface area contributed by atoms with Crippen LogP contribution in [-0.4, -0.2) is 33.5 Å². The molecule has 174 valence electrons. The molecule has 2 aromatic carbocycles. The van der Waals surface area contributed by atoms with Crippen LogP contribution in [0.3, 0.4) is 0 Å². The lowest BCUT2D eigenvalue weighted by atomic mass is 10.1. The molecule has 34 heavy (non-hydrogen) atoms. The molecular weight excluding hydrogens is 445 g/mol. The van der Waals surface area contributed by atoms with Gasteiger partial charge < -0.3 is 10.1 Å². The molecule has 0 fully saturated rings. The van der Waals surface area contributed by atoms with Crippen molar-refractivity contribution in [3.8, 4) is 16.9 Å². The fourth-order valence-corrected chi connectivity index (χ4v) is 3.32. The summed E-state index contributed by atoms with van der Waals surface area (Å²) in [6.07, 6.45) is 0.855. The molecule has 1 N–H and O–H groups in total. The van der Waals surface area contributed by atoms with Gasteiger partial charge >= 0.3 is 6.18 Å². The van der Waals surface area contributed by atoms with E-state index in [9.17, 15) is 18.0 Å². The van der Waals surface area contributed by atoms with Crippen LogP contribution < -0.4 is 5.32 Å². The van der Waals surface area contributed by atoms with Gasteiger partial charge in [0.25, 0.3) is 5.91 Å². The van der Waals surface area contributed by atoms with Crippen LogP contribution in [0.1, 0.15) is 21.5 Å². The summed E-state index contributed by atoms with van der Waals surface area (Å²) >= 11 is 0. The Bertz CT molecular complexity index is 1220. The molecule has 0 saturated carbocycles. The number of para-hydroxylation sites is 1. The first-order valence-electron chi connectivity index (χ1n) is 10.4. The minimum Gasteiger partial charge on any atom is -0.367 e. The van der Waals surface area contributed by atoms with Crippen molar-refractivity contribution in [1.29, 1.82) is 0 Å². The van der Waals surface area contributed by atoms with E-state index in [4.69, 9.17) is 5.10 Å². The Morgan fingerprint density at radius 1 is 0.971 bits per heavy atom. The largest absolute Gasteiger partial charge is 0.411 e. The molecule has 0 radical (unpaired) electrons. The monoisotopic (exact) mass is 466 g/mol. The van der Waals surface area contributed by atoms with Gasteiger partial charge in [0.1, 0.15) is 6.61 Å².